The summed E-state index contributed by atoms with van der Waals surface area (Å²) in [6.45, 7) is 30.2. The molecule has 6 unspecified atom stereocenters. The smallest absolute Gasteiger partial charge is 0.263 e. The summed E-state index contributed by atoms with van der Waals surface area (Å²) in [7, 11) is -4.56. The van der Waals surface area contributed by atoms with E-state index in [9.17, 15) is 19.2 Å². The number of aryl methyl sites for hydroxylation is 5. The number of carbonyl (C=O) groups excluding carboxylic acids is 4. The Hall–Kier alpha value is -3.69. The summed E-state index contributed by atoms with van der Waals surface area (Å²) in [5.41, 5.74) is 2.67. The van der Waals surface area contributed by atoms with Gasteiger partial charge in [-0.1, -0.05) is 177 Å². The Morgan fingerprint density at radius 2 is 0.793 bits per heavy atom. The molecule has 16 heteroatoms. The van der Waals surface area contributed by atoms with E-state index in [4.69, 9.17) is 0 Å². The average Bonchev–Trinajstić information content (AvgIpc) is 1.54. The molecule has 12 rings (SSSR count). The lowest BCUT2D eigenvalue weighted by molar-refractivity contribution is 0.0609. The number of nitrogens with zero attached hydrogens (tertiary/aromatic N) is 2. The molecule has 8 aromatic rings. The lowest BCUT2D eigenvalue weighted by Crippen LogP contribution is -2.64. The molecule has 4 aliphatic rings. The fourth-order valence-electron chi connectivity index (χ4n) is 15.6. The third kappa shape index (κ3) is 12.7. The zero-order valence-electron chi connectivity index (χ0n) is 57.1. The molecule has 4 amide bonds. The van der Waals surface area contributed by atoms with Crippen LogP contribution in [0, 0.1) is 51.4 Å². The molecule has 6 atom stereocenters. The van der Waals surface area contributed by atoms with Crippen LogP contribution in [-0.2, 0) is 6.42 Å². The SMILES string of the molecule is CCCCC(CC)CN1C(=O)c2c(C)sc(-c3cc4c(s3)-c3sc(C)cc3[Si]4(CC(CC)CCCC)c3cccs3)c2C1=O.CCCCc1ccc([Si]2(CC(CC)CCCC)c3cc(C)sc3-c3sc(-c4sc(C)c5c4C(=O)N(CC(CC)CCCC)C5=O)cc32)s1. The number of amides is 4. The first-order valence-corrected chi connectivity index (χ1v) is 46.1. The number of imide groups is 2. The Morgan fingerprint density at radius 1 is 0.402 bits per heavy atom. The summed E-state index contributed by atoms with van der Waals surface area (Å²) in [4.78, 5) is 75.4. The molecule has 0 bridgehead atoms. The zero-order chi connectivity index (χ0) is 65.3. The second kappa shape index (κ2) is 30.0. The molecule has 8 aromatic heterocycles. The van der Waals surface area contributed by atoms with E-state index in [0.717, 1.165) is 70.9 Å². The number of unbranched alkanes of at least 4 members (excludes halogenated alkanes) is 5. The van der Waals surface area contributed by atoms with Gasteiger partial charge in [0.25, 0.3) is 23.6 Å². The summed E-state index contributed by atoms with van der Waals surface area (Å²) in [5, 5.41) is 8.64. The largest absolute Gasteiger partial charge is 0.274 e. The maximum absolute atomic E-state index is 14.2. The van der Waals surface area contributed by atoms with Crippen LogP contribution in [0.4, 0.5) is 0 Å². The van der Waals surface area contributed by atoms with Crippen LogP contribution in [0.2, 0.25) is 12.1 Å². The minimum atomic E-state index is -2.31. The summed E-state index contributed by atoms with van der Waals surface area (Å²) >= 11 is 15.0. The number of fused-ring (bicyclic) bond motifs is 8. The molecule has 0 saturated heterocycles. The first-order valence-electron chi connectivity index (χ1n) is 35.1. The van der Waals surface area contributed by atoms with Crippen molar-refractivity contribution in [2.45, 2.75) is 224 Å². The molecule has 12 heterocycles. The maximum atomic E-state index is 14.2. The monoisotopic (exact) mass is 1410 g/mol. The minimum Gasteiger partial charge on any atom is -0.274 e. The Labute approximate surface area is 584 Å². The van der Waals surface area contributed by atoms with Crippen LogP contribution in [-0.4, -0.2) is 62.7 Å². The topological polar surface area (TPSA) is 74.8 Å². The van der Waals surface area contributed by atoms with Gasteiger partial charge in [0.05, 0.1) is 32.0 Å². The first kappa shape index (κ1) is 69.7. The van der Waals surface area contributed by atoms with Crippen LogP contribution in [0.25, 0.3) is 39.0 Å². The Balaban J connectivity index is 0.000000189. The van der Waals surface area contributed by atoms with E-state index in [2.05, 4.69) is 141 Å². The van der Waals surface area contributed by atoms with Crippen molar-refractivity contribution >= 4 is 160 Å². The van der Waals surface area contributed by atoms with Crippen molar-refractivity contribution in [2.24, 2.45) is 23.7 Å². The number of thiophene rings is 8. The number of rotatable bonds is 31. The van der Waals surface area contributed by atoms with E-state index < -0.39 is 16.1 Å². The molecule has 0 saturated carbocycles. The lowest BCUT2D eigenvalue weighted by atomic mass is 9.99. The Kier molecular flexibility index (Phi) is 22.7. The number of carbonyl (C=O) groups is 4. The first-order chi connectivity index (χ1) is 44.5. The molecule has 0 radical (unpaired) electrons. The van der Waals surface area contributed by atoms with Crippen molar-refractivity contribution in [3.63, 3.8) is 0 Å². The molecule has 492 valence electrons. The molecule has 6 nitrogen and oxygen atoms in total. The highest BCUT2D eigenvalue weighted by atomic mass is 32.1. The van der Waals surface area contributed by atoms with E-state index in [0.29, 0.717) is 59.0 Å². The van der Waals surface area contributed by atoms with Crippen molar-refractivity contribution < 1.29 is 19.2 Å². The van der Waals surface area contributed by atoms with Crippen molar-refractivity contribution in [2.75, 3.05) is 13.1 Å². The third-order valence-corrected chi connectivity index (χ3v) is 43.0. The molecule has 4 aliphatic heterocycles. The van der Waals surface area contributed by atoms with Gasteiger partial charge in [0, 0.05) is 75.7 Å². The van der Waals surface area contributed by atoms with Crippen LogP contribution < -0.4 is 29.7 Å². The molecule has 0 aromatic carbocycles. The Morgan fingerprint density at radius 3 is 1.20 bits per heavy atom. The van der Waals surface area contributed by atoms with Crippen molar-refractivity contribution in [1.82, 2.24) is 9.80 Å². The van der Waals surface area contributed by atoms with E-state index >= 15 is 0 Å². The van der Waals surface area contributed by atoms with Crippen LogP contribution in [0.15, 0.2) is 53.9 Å². The standard InChI is InChI=1S/C40H53NO2S4Si.C36H45NO2S4Si/c1-8-13-16-27(11-4)23-41-39(42)34-26(7)45-36(35(34)40(41)43)30-22-32-38(47-30)37-31(21-25(6)44-37)48(32,24-28(12-5)17-14-9-2)33-20-19-29(46-33)18-15-10-3;1-7-11-14-24(9-3)20-37-35(38)30-23(6)42-32(31(30)36(37)39)26-19-28-34(43-26)33-27(18-22(5)41-33)44(28,29-16-13-17-40-29)21-25(10-4)15-12-8-2/h19-22,27-28H,8-18,23-24H2,1-7H3;13,16-19,24-25H,7-12,14-15,20-21H2,1-6H3. The van der Waals surface area contributed by atoms with Crippen molar-refractivity contribution in [3.8, 4) is 39.0 Å². The summed E-state index contributed by atoms with van der Waals surface area (Å²) in [5.74, 6) is 1.82. The fourth-order valence-corrected chi connectivity index (χ4v) is 41.1. The summed E-state index contributed by atoms with van der Waals surface area (Å²) in [6.07, 6.45) is 22.4. The molecular formula is C76H98N2O4S8Si2. The van der Waals surface area contributed by atoms with Gasteiger partial charge in [0.15, 0.2) is 16.1 Å². The van der Waals surface area contributed by atoms with Gasteiger partial charge in [-0.05, 0) is 146 Å². The normalized spacial score (nSPS) is 18.4. The van der Waals surface area contributed by atoms with Crippen LogP contribution in [0.5, 0.6) is 0 Å². The van der Waals surface area contributed by atoms with Gasteiger partial charge in [0.1, 0.15) is 0 Å². The highest BCUT2D eigenvalue weighted by Gasteiger charge is 2.54. The predicted molar refractivity (Wildman–Crippen MR) is 411 cm³/mol. The van der Waals surface area contributed by atoms with Gasteiger partial charge in [-0.25, -0.2) is 0 Å². The maximum Gasteiger partial charge on any atom is 0.263 e. The summed E-state index contributed by atoms with van der Waals surface area (Å²) in [6, 6.07) is 22.1. The van der Waals surface area contributed by atoms with Gasteiger partial charge in [-0.3, -0.25) is 29.0 Å². The van der Waals surface area contributed by atoms with E-state index in [1.807, 2.05) is 70.5 Å². The molecule has 0 N–H and O–H groups in total. The zero-order valence-corrected chi connectivity index (χ0v) is 65.6. The average molecular weight is 1420 g/mol. The molecule has 0 spiro atoms. The summed E-state index contributed by atoms with van der Waals surface area (Å²) < 4.78 is 3.19. The van der Waals surface area contributed by atoms with Gasteiger partial charge in [-0.15, -0.1) is 79.4 Å². The Bertz CT molecular complexity index is 3940. The molecular weight excluding hydrogens is 1320 g/mol. The number of hydrogen-bond donors (Lipinski definition) is 0. The quantitative estimate of drug-likeness (QED) is 0.0321. The molecule has 0 aliphatic carbocycles. The van der Waals surface area contributed by atoms with E-state index in [1.54, 1.807) is 62.2 Å². The van der Waals surface area contributed by atoms with E-state index in [1.165, 1.54) is 127 Å². The van der Waals surface area contributed by atoms with Gasteiger partial charge in [-0.2, -0.15) is 11.3 Å². The van der Waals surface area contributed by atoms with Crippen LogP contribution in [0.3, 0.4) is 0 Å². The van der Waals surface area contributed by atoms with Gasteiger partial charge in [0.2, 0.25) is 0 Å². The van der Waals surface area contributed by atoms with Gasteiger partial charge < -0.3 is 0 Å². The highest BCUT2D eigenvalue weighted by Crippen LogP contribution is 2.52. The second-order valence-corrected chi connectivity index (χ2v) is 44.6. The van der Waals surface area contributed by atoms with Gasteiger partial charge >= 0.3 is 0 Å². The van der Waals surface area contributed by atoms with Crippen LogP contribution >= 0.6 is 90.7 Å². The number of hydrogen-bond acceptors (Lipinski definition) is 12. The van der Waals surface area contributed by atoms with Crippen molar-refractivity contribution in [3.05, 3.63) is 101 Å². The van der Waals surface area contributed by atoms with Crippen molar-refractivity contribution in [1.29, 1.82) is 0 Å². The van der Waals surface area contributed by atoms with E-state index in [-0.39, 0.29) is 23.6 Å². The van der Waals surface area contributed by atoms with Crippen LogP contribution in [0.1, 0.15) is 244 Å². The molecule has 92 heavy (non-hydrogen) atoms. The lowest BCUT2D eigenvalue weighted by Gasteiger charge is -2.32. The molecule has 0 fully saturated rings. The second-order valence-electron chi connectivity index (χ2n) is 27.1. The third-order valence-electron chi connectivity index (χ3n) is 20.9. The minimum absolute atomic E-state index is 0.0709. The fraction of sp³-hybridized carbons (Fsp3) is 0.526. The predicted octanol–water partition coefficient (Wildman–Crippen LogP) is 20.7. The highest BCUT2D eigenvalue weighted by molar-refractivity contribution is 7.40.